The fourth-order valence-corrected chi connectivity index (χ4v) is 4.74. The summed E-state index contributed by atoms with van der Waals surface area (Å²) in [4.78, 5) is 36.4. The third-order valence-electron chi connectivity index (χ3n) is 6.13. The van der Waals surface area contributed by atoms with Crippen molar-refractivity contribution < 1.29 is 0 Å². The van der Waals surface area contributed by atoms with Gasteiger partial charge in [-0.1, -0.05) is 39.3 Å². The number of fused-ring (bicyclic) bond motifs is 6. The van der Waals surface area contributed by atoms with Gasteiger partial charge in [-0.25, -0.2) is 4.98 Å². The van der Waals surface area contributed by atoms with E-state index in [2.05, 4.69) is 52.6 Å². The van der Waals surface area contributed by atoms with E-state index in [1.54, 1.807) is 31.0 Å². The van der Waals surface area contributed by atoms with Gasteiger partial charge in [-0.15, -0.1) is 0 Å². The van der Waals surface area contributed by atoms with E-state index in [9.17, 15) is 4.79 Å². The molecule has 8 heteroatoms. The van der Waals surface area contributed by atoms with Crippen LogP contribution >= 0.6 is 11.6 Å². The summed E-state index contributed by atoms with van der Waals surface area (Å²) in [6, 6.07) is 7.62. The highest BCUT2D eigenvalue weighted by Crippen LogP contribution is 2.32. The van der Waals surface area contributed by atoms with E-state index in [0.717, 1.165) is 49.4 Å². The highest BCUT2D eigenvalue weighted by molar-refractivity contribution is 6.36. The lowest BCUT2D eigenvalue weighted by molar-refractivity contribution is 0.840. The lowest BCUT2D eigenvalue weighted by Gasteiger charge is -2.11. The Morgan fingerprint density at radius 1 is 0.722 bits per heavy atom. The Morgan fingerprint density at radius 2 is 1.28 bits per heavy atom. The minimum Gasteiger partial charge on any atom is -0.328 e. The first kappa shape index (κ1) is 23.8. The van der Waals surface area contributed by atoms with Crippen molar-refractivity contribution in [3.8, 4) is 0 Å². The molecule has 6 heterocycles. The second-order valence-corrected chi connectivity index (χ2v) is 9.57. The van der Waals surface area contributed by atoms with Crippen LogP contribution in [0.2, 0.25) is 5.15 Å². The summed E-state index contributed by atoms with van der Waals surface area (Å²) in [7, 11) is 0. The first-order valence-electron chi connectivity index (χ1n) is 11.8. The maximum atomic E-state index is 12.0. The number of hydrogen-bond donors (Lipinski definition) is 1. The quantitative estimate of drug-likeness (QED) is 0.215. The molecule has 0 aliphatic carbocycles. The van der Waals surface area contributed by atoms with Crippen LogP contribution in [0.3, 0.4) is 0 Å². The molecular formula is C28H25ClN6O. The third-order valence-corrected chi connectivity index (χ3v) is 6.42. The molecule has 7 nitrogen and oxygen atoms in total. The van der Waals surface area contributed by atoms with Crippen molar-refractivity contribution >= 4 is 55.0 Å². The smallest absolute Gasteiger partial charge is 0.258 e. The number of H-pyrrole nitrogens is 1. The first-order chi connectivity index (χ1) is 17.4. The average Bonchev–Trinajstić information content (AvgIpc) is 2.88. The highest BCUT2D eigenvalue weighted by atomic mass is 35.5. The van der Waals surface area contributed by atoms with Crippen molar-refractivity contribution in [2.45, 2.75) is 39.5 Å². The van der Waals surface area contributed by atoms with E-state index in [1.807, 2.05) is 30.5 Å². The van der Waals surface area contributed by atoms with Gasteiger partial charge in [0.2, 0.25) is 0 Å². The Kier molecular flexibility index (Phi) is 6.33. The monoisotopic (exact) mass is 496 g/mol. The third kappa shape index (κ3) is 4.16. The zero-order valence-electron chi connectivity index (χ0n) is 20.5. The van der Waals surface area contributed by atoms with Gasteiger partial charge in [-0.3, -0.25) is 24.7 Å². The normalized spacial score (nSPS) is 11.5. The molecule has 0 aliphatic heterocycles. The predicted molar refractivity (Wildman–Crippen MR) is 146 cm³/mol. The van der Waals surface area contributed by atoms with Gasteiger partial charge in [0.1, 0.15) is 5.15 Å². The number of pyridine rings is 6. The summed E-state index contributed by atoms with van der Waals surface area (Å²) >= 11 is 6.19. The fraction of sp³-hybridized carbons (Fsp3) is 0.214. The molecule has 0 amide bonds. The van der Waals surface area contributed by atoms with Crippen molar-refractivity contribution in [3.63, 3.8) is 0 Å². The van der Waals surface area contributed by atoms with Crippen LogP contribution in [0.15, 0.2) is 66.2 Å². The van der Waals surface area contributed by atoms with Crippen LogP contribution in [0.4, 0.5) is 0 Å². The molecule has 36 heavy (non-hydrogen) atoms. The number of aromatic nitrogens is 6. The summed E-state index contributed by atoms with van der Waals surface area (Å²) in [6.07, 6.45) is 10.4. The highest BCUT2D eigenvalue weighted by Gasteiger charge is 2.14. The molecule has 0 saturated carbocycles. The van der Waals surface area contributed by atoms with Crippen LogP contribution in [-0.2, 0) is 0 Å². The van der Waals surface area contributed by atoms with E-state index in [1.165, 1.54) is 0 Å². The van der Waals surface area contributed by atoms with Gasteiger partial charge in [0.15, 0.2) is 0 Å². The van der Waals surface area contributed by atoms with Crippen LogP contribution in [0.25, 0.3) is 43.4 Å². The second kappa shape index (κ2) is 9.59. The zero-order chi connectivity index (χ0) is 25.4. The molecule has 0 atom stereocenters. The molecule has 0 radical (unpaired) electrons. The van der Waals surface area contributed by atoms with Crippen molar-refractivity contribution in [1.82, 2.24) is 29.9 Å². The number of hydrogen-bond acceptors (Lipinski definition) is 6. The molecule has 6 aromatic rings. The lowest BCUT2D eigenvalue weighted by atomic mass is 10.0. The van der Waals surface area contributed by atoms with E-state index in [0.29, 0.717) is 22.4 Å². The summed E-state index contributed by atoms with van der Waals surface area (Å²) in [6.45, 7) is 8.47. The van der Waals surface area contributed by atoms with Crippen LogP contribution in [0, 0.1) is 0 Å². The van der Waals surface area contributed by atoms with E-state index < -0.39 is 0 Å². The number of nitrogens with one attached hydrogen (secondary N) is 1. The molecule has 6 rings (SSSR count). The topological polar surface area (TPSA) is 97.3 Å². The fourth-order valence-electron chi connectivity index (χ4n) is 4.48. The number of halogens is 1. The molecule has 0 fully saturated rings. The van der Waals surface area contributed by atoms with Gasteiger partial charge in [0.25, 0.3) is 5.56 Å². The predicted octanol–water partition coefficient (Wildman–Crippen LogP) is 6.55. The molecule has 0 bridgehead atoms. The second-order valence-electron chi connectivity index (χ2n) is 9.21. The summed E-state index contributed by atoms with van der Waals surface area (Å²) in [5.41, 5.74) is 3.56. The van der Waals surface area contributed by atoms with Crippen molar-refractivity contribution in [2.75, 3.05) is 0 Å². The van der Waals surface area contributed by atoms with Gasteiger partial charge in [-0.2, -0.15) is 0 Å². The standard InChI is InChI=1S/C14H12ClN3.C14H13N3O/c1-8(2)13-9-3-5-16-7-10(9)12-11(18-13)4-6-17-14(12)15;1-8(2)13-9-3-5-15-7-10(9)12-11(17-13)4-6-16-14(12)18/h3-8H,1-2H3;3-8H,1-2H3,(H,16,18). The molecule has 0 unspecified atom stereocenters. The molecule has 0 spiro atoms. The Bertz CT molecular complexity index is 1800. The minimum atomic E-state index is -0.117. The summed E-state index contributed by atoms with van der Waals surface area (Å²) < 4.78 is 0. The van der Waals surface area contributed by atoms with E-state index in [-0.39, 0.29) is 5.56 Å². The van der Waals surface area contributed by atoms with E-state index >= 15 is 0 Å². The molecule has 180 valence electrons. The summed E-state index contributed by atoms with van der Waals surface area (Å²) in [5.74, 6) is 0.657. The Balaban J connectivity index is 0.000000148. The number of rotatable bonds is 2. The summed E-state index contributed by atoms with van der Waals surface area (Å²) in [5, 5.41) is 5.97. The maximum absolute atomic E-state index is 12.0. The number of aromatic amines is 1. The van der Waals surface area contributed by atoms with Crippen LogP contribution < -0.4 is 5.56 Å². The van der Waals surface area contributed by atoms with Crippen molar-refractivity contribution in [1.29, 1.82) is 0 Å². The molecule has 6 aromatic heterocycles. The average molecular weight is 497 g/mol. The molecule has 0 aromatic carbocycles. The Labute approximate surface area is 212 Å². The number of nitrogens with zero attached hydrogens (tertiary/aromatic N) is 5. The molecular weight excluding hydrogens is 472 g/mol. The van der Waals surface area contributed by atoms with Crippen LogP contribution in [0.1, 0.15) is 50.9 Å². The zero-order valence-corrected chi connectivity index (χ0v) is 21.2. The maximum Gasteiger partial charge on any atom is 0.258 e. The van der Waals surface area contributed by atoms with Crippen LogP contribution in [0.5, 0.6) is 0 Å². The molecule has 0 saturated heterocycles. The van der Waals surface area contributed by atoms with Gasteiger partial charge in [0.05, 0.1) is 27.8 Å². The SMILES string of the molecule is CC(C)c1nc2cc[nH]c(=O)c2c2cnccc12.CC(C)c1nc2ccnc(Cl)c2c2cnccc12. The van der Waals surface area contributed by atoms with Crippen molar-refractivity contribution in [3.05, 3.63) is 88.3 Å². The Morgan fingerprint density at radius 3 is 1.86 bits per heavy atom. The molecule has 1 N–H and O–H groups in total. The molecule has 0 aliphatic rings. The Hall–Kier alpha value is -3.97. The first-order valence-corrected chi connectivity index (χ1v) is 12.2. The minimum absolute atomic E-state index is 0.117. The van der Waals surface area contributed by atoms with Gasteiger partial charge in [-0.05, 0) is 36.1 Å². The van der Waals surface area contributed by atoms with Gasteiger partial charge in [0, 0.05) is 64.1 Å². The van der Waals surface area contributed by atoms with Gasteiger partial charge >= 0.3 is 0 Å². The largest absolute Gasteiger partial charge is 0.328 e. The van der Waals surface area contributed by atoms with Crippen molar-refractivity contribution in [2.24, 2.45) is 0 Å². The van der Waals surface area contributed by atoms with E-state index in [4.69, 9.17) is 16.6 Å². The van der Waals surface area contributed by atoms with Gasteiger partial charge < -0.3 is 4.98 Å². The van der Waals surface area contributed by atoms with Crippen LogP contribution in [-0.4, -0.2) is 29.9 Å². The lowest BCUT2D eigenvalue weighted by Crippen LogP contribution is -2.08.